The Hall–Kier alpha value is -2.34. The molecule has 2 aromatic carbocycles. The number of rotatable bonds is 10. The number of benzene rings is 2. The summed E-state index contributed by atoms with van der Waals surface area (Å²) in [6, 6.07) is 12.9. The van der Waals surface area contributed by atoms with Crippen LogP contribution < -0.4 is 14.8 Å². The zero-order chi connectivity index (χ0) is 20.5. The summed E-state index contributed by atoms with van der Waals surface area (Å²) in [6.45, 7) is 5.34. The standard InChI is InChI=1S/C22H29NO4S/c1-16(2)10-11-27-20-9-8-17(13-21(20)26-3)14-23-22(24)19-7-5-6-18(12-19)15-28(4)25/h5-9,12-13,16H,10-11,14-15H2,1-4H3,(H,23,24). The topological polar surface area (TPSA) is 64.6 Å². The fourth-order valence-electron chi connectivity index (χ4n) is 2.67. The Kier molecular flexibility index (Phi) is 8.51. The van der Waals surface area contributed by atoms with Gasteiger partial charge in [-0.25, -0.2) is 0 Å². The van der Waals surface area contributed by atoms with Crippen LogP contribution in [0, 0.1) is 5.92 Å². The lowest BCUT2D eigenvalue weighted by Gasteiger charge is -2.13. The molecule has 1 N–H and O–H groups in total. The van der Waals surface area contributed by atoms with Crippen molar-refractivity contribution in [3.63, 3.8) is 0 Å². The van der Waals surface area contributed by atoms with Gasteiger partial charge in [0.05, 0.1) is 13.7 Å². The van der Waals surface area contributed by atoms with Gasteiger partial charge in [0.15, 0.2) is 11.5 Å². The Morgan fingerprint density at radius 2 is 1.89 bits per heavy atom. The van der Waals surface area contributed by atoms with Gasteiger partial charge in [-0.1, -0.05) is 32.0 Å². The van der Waals surface area contributed by atoms with E-state index in [0.29, 0.717) is 41.9 Å². The number of nitrogens with one attached hydrogen (secondary N) is 1. The van der Waals surface area contributed by atoms with Crippen LogP contribution in [0.3, 0.4) is 0 Å². The minimum Gasteiger partial charge on any atom is -0.493 e. The fraction of sp³-hybridized carbons (Fsp3) is 0.409. The van der Waals surface area contributed by atoms with Crippen LogP contribution in [0.2, 0.25) is 0 Å². The van der Waals surface area contributed by atoms with Crippen molar-refractivity contribution in [3.05, 3.63) is 59.2 Å². The zero-order valence-electron chi connectivity index (χ0n) is 17.0. The van der Waals surface area contributed by atoms with Gasteiger partial charge in [-0.2, -0.15) is 0 Å². The molecule has 0 bridgehead atoms. The van der Waals surface area contributed by atoms with Gasteiger partial charge >= 0.3 is 0 Å². The summed E-state index contributed by atoms with van der Waals surface area (Å²) in [6.07, 6.45) is 2.63. The second kappa shape index (κ2) is 10.9. The molecule has 0 aliphatic heterocycles. The molecule has 152 valence electrons. The molecule has 0 heterocycles. The smallest absolute Gasteiger partial charge is 0.251 e. The molecule has 0 saturated carbocycles. The van der Waals surface area contributed by atoms with Crippen molar-refractivity contribution in [2.45, 2.75) is 32.6 Å². The lowest BCUT2D eigenvalue weighted by molar-refractivity contribution is 0.0950. The highest BCUT2D eigenvalue weighted by molar-refractivity contribution is 7.83. The van der Waals surface area contributed by atoms with Gasteiger partial charge in [-0.05, 0) is 47.7 Å². The molecule has 0 radical (unpaired) electrons. The quantitative estimate of drug-likeness (QED) is 0.653. The number of carbonyl (C=O) groups is 1. The normalized spacial score (nSPS) is 11.9. The molecule has 2 rings (SSSR count). The summed E-state index contributed by atoms with van der Waals surface area (Å²) in [5.41, 5.74) is 2.37. The van der Waals surface area contributed by atoms with Crippen molar-refractivity contribution in [1.29, 1.82) is 0 Å². The van der Waals surface area contributed by atoms with Gasteiger partial charge in [-0.3, -0.25) is 9.00 Å². The van der Waals surface area contributed by atoms with Crippen molar-refractivity contribution < 1.29 is 18.5 Å². The second-order valence-electron chi connectivity index (χ2n) is 7.12. The second-order valence-corrected chi connectivity index (χ2v) is 8.55. The summed E-state index contributed by atoms with van der Waals surface area (Å²) in [4.78, 5) is 12.4. The van der Waals surface area contributed by atoms with Crippen LogP contribution in [0.5, 0.6) is 11.5 Å². The Morgan fingerprint density at radius 1 is 1.11 bits per heavy atom. The molecule has 1 unspecified atom stereocenters. The first-order chi connectivity index (χ1) is 13.4. The Balaban J connectivity index is 1.98. The molecule has 0 aliphatic rings. The average Bonchev–Trinajstić information content (AvgIpc) is 2.66. The number of carbonyl (C=O) groups excluding carboxylic acids is 1. The fourth-order valence-corrected chi connectivity index (χ4v) is 3.32. The van der Waals surface area contributed by atoms with Crippen LogP contribution in [0.15, 0.2) is 42.5 Å². The third-order valence-electron chi connectivity index (χ3n) is 4.19. The molecule has 2 aromatic rings. The number of methoxy groups -OCH3 is 1. The maximum atomic E-state index is 12.4. The molecule has 0 fully saturated rings. The first-order valence-electron chi connectivity index (χ1n) is 9.36. The van der Waals surface area contributed by atoms with E-state index < -0.39 is 10.8 Å². The number of amides is 1. The maximum Gasteiger partial charge on any atom is 0.251 e. The molecule has 0 aliphatic carbocycles. The van der Waals surface area contributed by atoms with Crippen molar-refractivity contribution in [1.82, 2.24) is 5.32 Å². The van der Waals surface area contributed by atoms with E-state index in [-0.39, 0.29) is 5.91 Å². The molecule has 0 saturated heterocycles. The lowest BCUT2D eigenvalue weighted by Crippen LogP contribution is -2.23. The third kappa shape index (κ3) is 7.00. The van der Waals surface area contributed by atoms with Crippen LogP contribution in [0.25, 0.3) is 0 Å². The molecule has 0 aromatic heterocycles. The highest BCUT2D eigenvalue weighted by Gasteiger charge is 2.10. The van der Waals surface area contributed by atoms with Crippen molar-refractivity contribution >= 4 is 16.7 Å². The summed E-state index contributed by atoms with van der Waals surface area (Å²) >= 11 is 0. The summed E-state index contributed by atoms with van der Waals surface area (Å²) in [5, 5.41) is 2.91. The molecule has 28 heavy (non-hydrogen) atoms. The van der Waals surface area contributed by atoms with Crippen molar-refractivity contribution in [2.75, 3.05) is 20.0 Å². The van der Waals surface area contributed by atoms with E-state index in [4.69, 9.17) is 9.47 Å². The largest absolute Gasteiger partial charge is 0.493 e. The summed E-state index contributed by atoms with van der Waals surface area (Å²) in [7, 11) is 0.667. The van der Waals surface area contributed by atoms with Crippen LogP contribution >= 0.6 is 0 Å². The van der Waals surface area contributed by atoms with Gasteiger partial charge in [0.2, 0.25) is 0 Å². The number of hydrogen-bond acceptors (Lipinski definition) is 4. The highest BCUT2D eigenvalue weighted by atomic mass is 32.2. The van der Waals surface area contributed by atoms with Crippen molar-refractivity contribution in [3.8, 4) is 11.5 Å². The zero-order valence-corrected chi connectivity index (χ0v) is 17.8. The van der Waals surface area contributed by atoms with E-state index >= 15 is 0 Å². The Bertz CT molecular complexity index is 820. The van der Waals surface area contributed by atoms with E-state index in [1.54, 1.807) is 25.5 Å². The molecular weight excluding hydrogens is 374 g/mol. The Morgan fingerprint density at radius 3 is 2.57 bits per heavy atom. The summed E-state index contributed by atoms with van der Waals surface area (Å²) in [5.74, 6) is 2.22. The van der Waals surface area contributed by atoms with Gasteiger partial charge in [0.25, 0.3) is 5.91 Å². The SMILES string of the molecule is COc1cc(CNC(=O)c2cccc(CS(C)=O)c2)ccc1OCCC(C)C. The first-order valence-corrected chi connectivity index (χ1v) is 11.1. The highest BCUT2D eigenvalue weighted by Crippen LogP contribution is 2.28. The third-order valence-corrected chi connectivity index (χ3v) is 4.93. The van der Waals surface area contributed by atoms with Gasteiger partial charge in [-0.15, -0.1) is 0 Å². The maximum absolute atomic E-state index is 12.4. The molecular formula is C22H29NO4S. The number of hydrogen-bond donors (Lipinski definition) is 1. The molecule has 6 heteroatoms. The van der Waals surface area contributed by atoms with E-state index in [0.717, 1.165) is 17.5 Å². The van der Waals surface area contributed by atoms with E-state index in [1.165, 1.54) is 0 Å². The minimum absolute atomic E-state index is 0.167. The van der Waals surface area contributed by atoms with Crippen LogP contribution in [-0.2, 0) is 23.1 Å². The van der Waals surface area contributed by atoms with E-state index in [9.17, 15) is 9.00 Å². The van der Waals surface area contributed by atoms with Crippen LogP contribution in [0.4, 0.5) is 0 Å². The molecule has 1 amide bonds. The molecule has 1 atom stereocenters. The van der Waals surface area contributed by atoms with Gasteiger partial charge < -0.3 is 14.8 Å². The van der Waals surface area contributed by atoms with Gasteiger partial charge in [0, 0.05) is 34.9 Å². The van der Waals surface area contributed by atoms with Gasteiger partial charge in [0.1, 0.15) is 0 Å². The first kappa shape index (κ1) is 22.0. The van der Waals surface area contributed by atoms with Crippen LogP contribution in [-0.4, -0.2) is 30.1 Å². The van der Waals surface area contributed by atoms with Crippen LogP contribution in [0.1, 0.15) is 41.8 Å². The monoisotopic (exact) mass is 403 g/mol. The average molecular weight is 404 g/mol. The predicted octanol–water partition coefficient (Wildman–Crippen LogP) is 3.93. The predicted molar refractivity (Wildman–Crippen MR) is 113 cm³/mol. The molecule has 5 nitrogen and oxygen atoms in total. The lowest BCUT2D eigenvalue weighted by atomic mass is 10.1. The molecule has 0 spiro atoms. The Labute approximate surface area is 169 Å². The number of ether oxygens (including phenoxy) is 2. The van der Waals surface area contributed by atoms with E-state index in [2.05, 4.69) is 19.2 Å². The minimum atomic E-state index is -0.940. The van der Waals surface area contributed by atoms with Crippen molar-refractivity contribution in [2.24, 2.45) is 5.92 Å². The summed E-state index contributed by atoms with van der Waals surface area (Å²) < 4.78 is 22.6. The van der Waals surface area contributed by atoms with E-state index in [1.807, 2.05) is 30.3 Å².